The first-order valence-corrected chi connectivity index (χ1v) is 6.38. The number of benzene rings is 1. The van der Waals surface area contributed by atoms with Gasteiger partial charge >= 0.3 is 5.97 Å². The molecule has 0 aliphatic carbocycles. The largest absolute Gasteiger partial charge is 0.484 e. The first-order valence-electron chi connectivity index (χ1n) is 6.38. The van der Waals surface area contributed by atoms with Crippen LogP contribution in [0.1, 0.15) is 13.8 Å². The highest BCUT2D eigenvalue weighted by atomic mass is 16.6. The van der Waals surface area contributed by atoms with Crippen LogP contribution < -0.4 is 9.47 Å². The Hall–Kier alpha value is -2.24. The molecule has 1 N–H and O–H groups in total. The second-order valence-electron chi connectivity index (χ2n) is 4.91. The van der Waals surface area contributed by atoms with Crippen LogP contribution in [0.4, 0.5) is 0 Å². The molecule has 0 radical (unpaired) electrons. The minimum atomic E-state index is -1.06. The summed E-state index contributed by atoms with van der Waals surface area (Å²) >= 11 is 0. The lowest BCUT2D eigenvalue weighted by Crippen LogP contribution is -2.54. The van der Waals surface area contributed by atoms with Gasteiger partial charge in [0, 0.05) is 0 Å². The molecule has 1 aromatic rings. The number of carboxylic acids is 1. The number of para-hydroxylation sites is 2. The fraction of sp³-hybridized carbons (Fsp3) is 0.429. The summed E-state index contributed by atoms with van der Waals surface area (Å²) in [5, 5.41) is 9.27. The van der Waals surface area contributed by atoms with E-state index in [0.717, 1.165) is 4.90 Å². The van der Waals surface area contributed by atoms with Crippen LogP contribution in [0.2, 0.25) is 0 Å². The number of ether oxygens (including phenoxy) is 2. The van der Waals surface area contributed by atoms with Crippen LogP contribution in [0.3, 0.4) is 0 Å². The zero-order valence-corrected chi connectivity index (χ0v) is 11.4. The molecule has 0 saturated carbocycles. The zero-order valence-electron chi connectivity index (χ0n) is 11.4. The van der Waals surface area contributed by atoms with Crippen LogP contribution in [0.25, 0.3) is 0 Å². The maximum atomic E-state index is 11.3. The number of fused-ring (bicyclic) bond motifs is 1. The van der Waals surface area contributed by atoms with Gasteiger partial charge in [-0.1, -0.05) is 26.0 Å². The predicted octanol–water partition coefficient (Wildman–Crippen LogP) is 1.35. The Morgan fingerprint density at radius 1 is 1.40 bits per heavy atom. The van der Waals surface area contributed by atoms with Crippen LogP contribution in [-0.4, -0.2) is 41.3 Å². The Morgan fingerprint density at radius 2 is 2.05 bits per heavy atom. The molecule has 1 amide bonds. The van der Waals surface area contributed by atoms with Gasteiger partial charge in [0.05, 0.1) is 0 Å². The molecule has 0 aromatic heterocycles. The number of hydrogen-bond donors (Lipinski definition) is 1. The minimum Gasteiger partial charge on any atom is -0.484 e. The Labute approximate surface area is 116 Å². The smallest absolute Gasteiger partial charge is 0.326 e. The summed E-state index contributed by atoms with van der Waals surface area (Å²) in [5.41, 5.74) is 0. The number of carboxylic acid groups (broad SMARTS) is 1. The van der Waals surface area contributed by atoms with Crippen molar-refractivity contribution < 1.29 is 24.2 Å². The summed E-state index contributed by atoms with van der Waals surface area (Å²) in [6.07, 6.45) is -0.244. The highest BCUT2D eigenvalue weighted by Gasteiger charge is 2.36. The molecule has 20 heavy (non-hydrogen) atoms. The molecule has 2 atom stereocenters. The lowest BCUT2D eigenvalue weighted by atomic mass is 10.0. The van der Waals surface area contributed by atoms with Crippen LogP contribution in [0.5, 0.6) is 11.5 Å². The average molecular weight is 279 g/mol. The van der Waals surface area contributed by atoms with Gasteiger partial charge in [-0.3, -0.25) is 9.69 Å². The summed E-state index contributed by atoms with van der Waals surface area (Å²) in [7, 11) is 0. The topological polar surface area (TPSA) is 76.1 Å². The van der Waals surface area contributed by atoms with Crippen LogP contribution in [0.15, 0.2) is 24.3 Å². The van der Waals surface area contributed by atoms with Crippen molar-refractivity contribution in [3.63, 3.8) is 0 Å². The average Bonchev–Trinajstić information content (AvgIpc) is 2.43. The predicted molar refractivity (Wildman–Crippen MR) is 70.5 cm³/mol. The Bertz CT molecular complexity index is 502. The van der Waals surface area contributed by atoms with Crippen LogP contribution in [0, 0.1) is 5.92 Å². The van der Waals surface area contributed by atoms with Gasteiger partial charge in [-0.15, -0.1) is 0 Å². The van der Waals surface area contributed by atoms with Crippen molar-refractivity contribution in [1.29, 1.82) is 0 Å². The maximum Gasteiger partial charge on any atom is 0.326 e. The van der Waals surface area contributed by atoms with E-state index in [4.69, 9.17) is 9.47 Å². The molecule has 1 aliphatic rings. The maximum absolute atomic E-state index is 11.3. The van der Waals surface area contributed by atoms with Gasteiger partial charge in [0.25, 0.3) is 0 Å². The monoisotopic (exact) mass is 279 g/mol. The van der Waals surface area contributed by atoms with Gasteiger partial charge in [0.2, 0.25) is 12.6 Å². The number of aliphatic carboxylic acids is 1. The van der Waals surface area contributed by atoms with E-state index in [0.29, 0.717) is 17.9 Å². The highest BCUT2D eigenvalue weighted by molar-refractivity contribution is 5.76. The zero-order chi connectivity index (χ0) is 14.7. The molecule has 0 saturated heterocycles. The number of carbonyl (C=O) groups excluding carboxylic acids is 1. The number of hydrogen-bond acceptors (Lipinski definition) is 4. The Balaban J connectivity index is 2.21. The first kappa shape index (κ1) is 14.2. The number of carbonyl (C=O) groups is 2. The molecule has 6 nitrogen and oxygen atoms in total. The van der Waals surface area contributed by atoms with E-state index < -0.39 is 18.2 Å². The highest BCUT2D eigenvalue weighted by Crippen LogP contribution is 2.32. The number of nitrogens with zero attached hydrogens (tertiary/aromatic N) is 1. The third-order valence-electron chi connectivity index (χ3n) is 3.15. The Kier molecular flexibility index (Phi) is 4.12. The van der Waals surface area contributed by atoms with E-state index >= 15 is 0 Å². The van der Waals surface area contributed by atoms with Crippen LogP contribution >= 0.6 is 0 Å². The van der Waals surface area contributed by atoms with Crippen LogP contribution in [-0.2, 0) is 9.59 Å². The molecule has 2 rings (SSSR count). The van der Waals surface area contributed by atoms with E-state index in [-0.39, 0.29) is 12.5 Å². The van der Waals surface area contributed by atoms with Crippen molar-refractivity contribution in [1.82, 2.24) is 4.90 Å². The molecule has 108 valence electrons. The molecule has 0 fully saturated rings. The first-order chi connectivity index (χ1) is 9.54. The fourth-order valence-corrected chi connectivity index (χ4v) is 2.22. The molecule has 6 heteroatoms. The van der Waals surface area contributed by atoms with Crippen molar-refractivity contribution in [2.24, 2.45) is 5.92 Å². The van der Waals surface area contributed by atoms with Gasteiger partial charge in [0.1, 0.15) is 12.6 Å². The van der Waals surface area contributed by atoms with Gasteiger partial charge in [-0.2, -0.15) is 0 Å². The van der Waals surface area contributed by atoms with Crippen molar-refractivity contribution in [3.05, 3.63) is 24.3 Å². The summed E-state index contributed by atoms with van der Waals surface area (Å²) in [5.74, 6) is -0.206. The van der Waals surface area contributed by atoms with Gasteiger partial charge in [-0.05, 0) is 18.1 Å². The lowest BCUT2D eigenvalue weighted by molar-refractivity contribution is -0.157. The molecule has 0 spiro atoms. The SMILES string of the molecule is CC(C)C(C(=O)O)N(C=O)C1COc2ccccc2O1. The second kappa shape index (κ2) is 5.81. The third-order valence-corrected chi connectivity index (χ3v) is 3.15. The van der Waals surface area contributed by atoms with Crippen molar-refractivity contribution >= 4 is 12.4 Å². The summed E-state index contributed by atoms with van der Waals surface area (Å²) in [6, 6.07) is 6.12. The molecule has 1 aromatic carbocycles. The number of amides is 1. The molecular formula is C14H17NO5. The standard InChI is InChI=1S/C14H17NO5/c1-9(2)13(14(17)18)15(8-16)12-7-19-10-5-3-4-6-11(10)20-12/h3-6,8-9,12-13H,7H2,1-2H3,(H,17,18). The van der Waals surface area contributed by atoms with Gasteiger partial charge in [-0.25, -0.2) is 4.79 Å². The second-order valence-corrected chi connectivity index (χ2v) is 4.91. The van der Waals surface area contributed by atoms with Crippen molar-refractivity contribution in [3.8, 4) is 11.5 Å². The molecule has 2 unspecified atom stereocenters. The molecular weight excluding hydrogens is 262 g/mol. The summed E-state index contributed by atoms with van der Waals surface area (Å²) < 4.78 is 11.2. The van der Waals surface area contributed by atoms with Crippen molar-refractivity contribution in [2.75, 3.05) is 6.61 Å². The van der Waals surface area contributed by atoms with E-state index in [1.165, 1.54) is 0 Å². The normalized spacial score (nSPS) is 18.4. The van der Waals surface area contributed by atoms with E-state index in [9.17, 15) is 14.7 Å². The summed E-state index contributed by atoms with van der Waals surface area (Å²) in [4.78, 5) is 23.8. The molecule has 1 aliphatic heterocycles. The van der Waals surface area contributed by atoms with E-state index in [1.807, 2.05) is 6.07 Å². The molecule has 0 bridgehead atoms. The lowest BCUT2D eigenvalue weighted by Gasteiger charge is -2.37. The summed E-state index contributed by atoms with van der Waals surface area (Å²) in [6.45, 7) is 3.59. The third kappa shape index (κ3) is 2.68. The molecule has 1 heterocycles. The quantitative estimate of drug-likeness (QED) is 0.823. The minimum absolute atomic E-state index is 0.103. The number of rotatable bonds is 5. The fourth-order valence-electron chi connectivity index (χ4n) is 2.22. The van der Waals surface area contributed by atoms with E-state index in [2.05, 4.69) is 0 Å². The Morgan fingerprint density at radius 3 is 2.60 bits per heavy atom. The van der Waals surface area contributed by atoms with Crippen molar-refractivity contribution in [2.45, 2.75) is 26.1 Å². The van der Waals surface area contributed by atoms with Gasteiger partial charge in [0.15, 0.2) is 11.5 Å². The van der Waals surface area contributed by atoms with Gasteiger partial charge < -0.3 is 14.6 Å². The van der Waals surface area contributed by atoms with E-state index in [1.54, 1.807) is 32.0 Å².